The molecule has 1 aromatic rings. The molecule has 1 atom stereocenters. The molecule has 1 rings (SSSR count). The lowest BCUT2D eigenvalue weighted by Crippen LogP contribution is -2.38. The number of alkyl carbamates (subject to hydrolysis) is 2. The molecule has 10 heteroatoms. The molecule has 0 fully saturated rings. The second kappa shape index (κ2) is 16.7. The molecule has 1 aromatic carbocycles. The highest BCUT2D eigenvalue weighted by Crippen LogP contribution is 2.07. The Bertz CT molecular complexity index is 753. The predicted molar refractivity (Wildman–Crippen MR) is 132 cm³/mol. The lowest BCUT2D eigenvalue weighted by molar-refractivity contribution is -0.136. The van der Waals surface area contributed by atoms with Gasteiger partial charge in [-0.25, -0.2) is 9.59 Å². The number of nitrogens with zero attached hydrogens (tertiary/aromatic N) is 1. The van der Waals surface area contributed by atoms with Crippen molar-refractivity contribution in [2.24, 2.45) is 0 Å². The van der Waals surface area contributed by atoms with Crippen LogP contribution in [0.15, 0.2) is 30.3 Å². The molecule has 0 saturated heterocycles. The Morgan fingerprint density at radius 1 is 1.00 bits per heavy atom. The van der Waals surface area contributed by atoms with E-state index >= 15 is 0 Å². The van der Waals surface area contributed by atoms with Crippen LogP contribution in [0.5, 0.6) is 0 Å². The quantitative estimate of drug-likeness (QED) is 0.252. The van der Waals surface area contributed by atoms with Gasteiger partial charge in [-0.3, -0.25) is 4.79 Å². The molecular weight excluding hydrogens is 454 g/mol. The molecule has 0 bridgehead atoms. The van der Waals surface area contributed by atoms with Gasteiger partial charge in [0.15, 0.2) is 6.29 Å². The number of ether oxygens (including phenoxy) is 3. The highest BCUT2D eigenvalue weighted by Gasteiger charge is 2.17. The zero-order chi connectivity index (χ0) is 26.1. The van der Waals surface area contributed by atoms with Crippen LogP contribution >= 0.6 is 0 Å². The average Bonchev–Trinajstić information content (AvgIpc) is 2.79. The Labute approximate surface area is 208 Å². The minimum absolute atomic E-state index is 0.132. The molecule has 0 radical (unpaired) electrons. The molecule has 0 aliphatic carbocycles. The van der Waals surface area contributed by atoms with Gasteiger partial charge < -0.3 is 34.9 Å². The number of aliphatic hydroxyl groups is 1. The Morgan fingerprint density at radius 3 is 2.17 bits per heavy atom. The second-order valence-corrected chi connectivity index (χ2v) is 8.95. The third kappa shape index (κ3) is 15.6. The van der Waals surface area contributed by atoms with E-state index in [9.17, 15) is 19.5 Å². The summed E-state index contributed by atoms with van der Waals surface area (Å²) in [5, 5.41) is 15.1. The van der Waals surface area contributed by atoms with Crippen LogP contribution in [0.25, 0.3) is 0 Å². The van der Waals surface area contributed by atoms with Gasteiger partial charge in [-0.2, -0.15) is 0 Å². The summed E-state index contributed by atoms with van der Waals surface area (Å²) in [7, 11) is 0. The van der Waals surface area contributed by atoms with Crippen molar-refractivity contribution in [2.45, 2.75) is 71.9 Å². The molecule has 0 saturated carbocycles. The van der Waals surface area contributed by atoms with Crippen molar-refractivity contribution in [1.82, 2.24) is 15.5 Å². The van der Waals surface area contributed by atoms with Crippen molar-refractivity contribution in [2.75, 3.05) is 32.8 Å². The van der Waals surface area contributed by atoms with Crippen molar-refractivity contribution < 1.29 is 33.7 Å². The van der Waals surface area contributed by atoms with Crippen LogP contribution in [0.4, 0.5) is 9.59 Å². The minimum atomic E-state index is -0.985. The Kier molecular flexibility index (Phi) is 14.4. The number of rotatable bonds is 15. The number of benzene rings is 1. The molecule has 0 heterocycles. The summed E-state index contributed by atoms with van der Waals surface area (Å²) in [5.74, 6) is -0.132. The van der Waals surface area contributed by atoms with E-state index in [1.54, 1.807) is 32.6 Å². The Morgan fingerprint density at radius 2 is 1.60 bits per heavy atom. The predicted octanol–water partition coefficient (Wildman–Crippen LogP) is 3.18. The molecule has 0 aliphatic rings. The van der Waals surface area contributed by atoms with Crippen molar-refractivity contribution in [3.05, 3.63) is 35.9 Å². The second-order valence-electron chi connectivity index (χ2n) is 8.95. The van der Waals surface area contributed by atoms with Crippen molar-refractivity contribution >= 4 is 18.1 Å². The molecule has 3 amide bonds. The fourth-order valence-electron chi connectivity index (χ4n) is 3.05. The van der Waals surface area contributed by atoms with Crippen LogP contribution in [-0.2, 0) is 25.6 Å². The number of amides is 3. The Hall–Kier alpha value is -2.85. The maximum Gasteiger partial charge on any atom is 0.407 e. The number of aliphatic hydroxyl groups excluding tert-OH is 1. The molecular formula is C25H41N3O7. The maximum atomic E-state index is 12.7. The number of carbonyl (C=O) groups is 3. The van der Waals surface area contributed by atoms with E-state index in [4.69, 9.17) is 14.2 Å². The summed E-state index contributed by atoms with van der Waals surface area (Å²) in [5.41, 5.74) is 0.316. The summed E-state index contributed by atoms with van der Waals surface area (Å²) >= 11 is 0. The van der Waals surface area contributed by atoms with Gasteiger partial charge in [0.2, 0.25) is 5.91 Å². The first-order valence-corrected chi connectivity index (χ1v) is 12.1. The van der Waals surface area contributed by atoms with Gasteiger partial charge in [-0.1, -0.05) is 30.3 Å². The van der Waals surface area contributed by atoms with Gasteiger partial charge in [0, 0.05) is 45.6 Å². The molecule has 0 aliphatic heterocycles. The summed E-state index contributed by atoms with van der Waals surface area (Å²) in [6.07, 6.45) is -0.621. The van der Waals surface area contributed by atoms with Gasteiger partial charge >= 0.3 is 12.2 Å². The van der Waals surface area contributed by atoms with Gasteiger partial charge in [-0.15, -0.1) is 0 Å². The monoisotopic (exact) mass is 495 g/mol. The number of carbonyl (C=O) groups excluding carboxylic acids is 3. The third-order valence-corrected chi connectivity index (χ3v) is 4.68. The molecule has 3 N–H and O–H groups in total. The van der Waals surface area contributed by atoms with Crippen LogP contribution in [0, 0.1) is 0 Å². The highest BCUT2D eigenvalue weighted by atomic mass is 16.6. The van der Waals surface area contributed by atoms with E-state index < -0.39 is 24.1 Å². The summed E-state index contributed by atoms with van der Waals surface area (Å²) in [6, 6.07) is 9.38. The number of nitrogens with one attached hydrogen (secondary N) is 2. The van der Waals surface area contributed by atoms with Gasteiger partial charge in [0.05, 0.1) is 0 Å². The molecule has 1 unspecified atom stereocenters. The van der Waals surface area contributed by atoms with E-state index in [0.717, 1.165) is 5.56 Å². The summed E-state index contributed by atoms with van der Waals surface area (Å²) in [4.78, 5) is 38.0. The first-order valence-electron chi connectivity index (χ1n) is 12.1. The standard InChI is InChI=1S/C25H41N3O7/c1-5-33-22(30)14-13-21(29)28(18-10-16-27-24(32)35-25(2,3)4)17-9-15-26-23(31)34-19-20-11-7-6-8-12-20/h6-8,11-12,22,30H,5,9-10,13-19H2,1-4H3,(H,26,31)(H,27,32). The summed E-state index contributed by atoms with van der Waals surface area (Å²) < 4.78 is 15.5. The molecule has 0 aromatic heterocycles. The zero-order valence-corrected chi connectivity index (χ0v) is 21.4. The van der Waals surface area contributed by atoms with Crippen LogP contribution in [0.2, 0.25) is 0 Å². The lowest BCUT2D eigenvalue weighted by atomic mass is 10.2. The number of hydrogen-bond donors (Lipinski definition) is 3. The van der Waals surface area contributed by atoms with Crippen LogP contribution in [0.1, 0.15) is 58.9 Å². The molecule has 10 nitrogen and oxygen atoms in total. The highest BCUT2D eigenvalue weighted by molar-refractivity contribution is 5.76. The minimum Gasteiger partial charge on any atom is -0.445 e. The zero-order valence-electron chi connectivity index (χ0n) is 21.4. The smallest absolute Gasteiger partial charge is 0.407 e. The number of hydrogen-bond acceptors (Lipinski definition) is 7. The third-order valence-electron chi connectivity index (χ3n) is 4.68. The van der Waals surface area contributed by atoms with Gasteiger partial charge in [0.1, 0.15) is 12.2 Å². The van der Waals surface area contributed by atoms with Gasteiger partial charge in [-0.05, 0) is 46.1 Å². The largest absolute Gasteiger partial charge is 0.445 e. The fraction of sp³-hybridized carbons (Fsp3) is 0.640. The Balaban J connectivity index is 2.42. The normalized spacial score (nSPS) is 11.9. The van der Waals surface area contributed by atoms with E-state index in [1.165, 1.54) is 0 Å². The summed E-state index contributed by atoms with van der Waals surface area (Å²) in [6.45, 7) is 9.20. The molecule has 0 spiro atoms. The van der Waals surface area contributed by atoms with Crippen LogP contribution in [0.3, 0.4) is 0 Å². The van der Waals surface area contributed by atoms with Crippen molar-refractivity contribution in [3.8, 4) is 0 Å². The lowest BCUT2D eigenvalue weighted by Gasteiger charge is -2.24. The molecule has 198 valence electrons. The van der Waals surface area contributed by atoms with Crippen molar-refractivity contribution in [3.63, 3.8) is 0 Å². The van der Waals surface area contributed by atoms with Gasteiger partial charge in [0.25, 0.3) is 0 Å². The topological polar surface area (TPSA) is 126 Å². The average molecular weight is 496 g/mol. The van der Waals surface area contributed by atoms with Crippen LogP contribution < -0.4 is 10.6 Å². The maximum absolute atomic E-state index is 12.7. The van der Waals surface area contributed by atoms with E-state index in [2.05, 4.69) is 10.6 Å². The first kappa shape index (κ1) is 30.2. The van der Waals surface area contributed by atoms with Crippen molar-refractivity contribution in [1.29, 1.82) is 0 Å². The molecule has 35 heavy (non-hydrogen) atoms. The fourth-order valence-corrected chi connectivity index (χ4v) is 3.05. The van der Waals surface area contributed by atoms with Crippen LogP contribution in [-0.4, -0.2) is 72.8 Å². The first-order chi connectivity index (χ1) is 16.6. The van der Waals surface area contributed by atoms with E-state index in [-0.39, 0.29) is 25.4 Å². The van der Waals surface area contributed by atoms with E-state index in [0.29, 0.717) is 45.6 Å². The van der Waals surface area contributed by atoms with E-state index in [1.807, 2.05) is 30.3 Å². The SMILES string of the molecule is CCOC(O)CCC(=O)N(CCCNC(=O)OCc1ccccc1)CCCNC(=O)OC(C)(C)C.